The third-order valence-electron chi connectivity index (χ3n) is 5.32. The molecule has 31 heavy (non-hydrogen) atoms. The molecule has 1 fully saturated rings. The molecule has 4 rings (SSSR count). The number of anilines is 1. The zero-order valence-corrected chi connectivity index (χ0v) is 17.8. The van der Waals surface area contributed by atoms with Crippen molar-refractivity contribution in [1.82, 2.24) is 9.88 Å². The topological polar surface area (TPSA) is 60.2 Å². The molecule has 1 aliphatic heterocycles. The highest BCUT2D eigenvalue weighted by atomic mass is 35.5. The fraction of sp³-hybridized carbons (Fsp3) is 0.227. The van der Waals surface area contributed by atoms with Crippen molar-refractivity contribution < 1.29 is 13.6 Å². The predicted octanol–water partition coefficient (Wildman–Crippen LogP) is 4.87. The van der Waals surface area contributed by atoms with Crippen LogP contribution in [0.3, 0.4) is 0 Å². The van der Waals surface area contributed by atoms with E-state index in [1.807, 2.05) is 11.0 Å². The number of hydrogen-bond acceptors (Lipinski definition) is 5. The molecule has 9 heteroatoms. The van der Waals surface area contributed by atoms with Crippen LogP contribution in [0.1, 0.15) is 28.0 Å². The molecule has 1 amide bonds. The summed E-state index contributed by atoms with van der Waals surface area (Å²) in [4.78, 5) is 20.4. The smallest absolute Gasteiger partial charge is 0.273 e. The van der Waals surface area contributed by atoms with Gasteiger partial charge >= 0.3 is 0 Å². The quantitative estimate of drug-likeness (QED) is 0.547. The van der Waals surface area contributed by atoms with Crippen molar-refractivity contribution >= 4 is 34.5 Å². The van der Waals surface area contributed by atoms with Crippen molar-refractivity contribution in [3.05, 3.63) is 80.8 Å². The molecular formula is C22H17ClF2N4OS. The first-order chi connectivity index (χ1) is 15.0. The summed E-state index contributed by atoms with van der Waals surface area (Å²) in [5, 5.41) is 11.1. The summed E-state index contributed by atoms with van der Waals surface area (Å²) < 4.78 is 28.2. The van der Waals surface area contributed by atoms with Crippen LogP contribution < -0.4 is 4.90 Å². The zero-order chi connectivity index (χ0) is 22.0. The molecule has 2 aromatic carbocycles. The second-order valence-electron chi connectivity index (χ2n) is 7.18. The number of carbonyl (C=O) groups is 1. The Balaban J connectivity index is 1.64. The molecule has 0 radical (unpaired) electrons. The van der Waals surface area contributed by atoms with E-state index in [4.69, 9.17) is 16.9 Å². The van der Waals surface area contributed by atoms with Gasteiger partial charge in [0.1, 0.15) is 11.8 Å². The van der Waals surface area contributed by atoms with Crippen LogP contribution in [-0.2, 0) is 6.54 Å². The van der Waals surface area contributed by atoms with Gasteiger partial charge in [0.15, 0.2) is 11.6 Å². The van der Waals surface area contributed by atoms with E-state index in [9.17, 15) is 13.6 Å². The summed E-state index contributed by atoms with van der Waals surface area (Å²) in [5.74, 6) is -1.97. The molecular weight excluding hydrogens is 442 g/mol. The molecule has 1 aromatic heterocycles. The van der Waals surface area contributed by atoms with Crippen molar-refractivity contribution in [2.75, 3.05) is 18.0 Å². The highest BCUT2D eigenvalue weighted by Crippen LogP contribution is 2.30. The molecule has 0 spiro atoms. The van der Waals surface area contributed by atoms with Crippen molar-refractivity contribution in [2.24, 2.45) is 0 Å². The minimum atomic E-state index is -0.915. The number of amides is 1. The number of aromatic nitrogens is 1. The average molecular weight is 459 g/mol. The fourth-order valence-corrected chi connectivity index (χ4v) is 4.46. The van der Waals surface area contributed by atoms with Gasteiger partial charge < -0.3 is 9.80 Å². The van der Waals surface area contributed by atoms with E-state index in [0.717, 1.165) is 6.07 Å². The number of benzene rings is 2. The molecule has 0 bridgehead atoms. The van der Waals surface area contributed by atoms with Crippen LogP contribution in [0, 0.1) is 23.0 Å². The second-order valence-corrected chi connectivity index (χ2v) is 8.31. The third kappa shape index (κ3) is 4.38. The normalized spacial score (nSPS) is 15.7. The molecule has 2 heterocycles. The van der Waals surface area contributed by atoms with Gasteiger partial charge in [-0.1, -0.05) is 23.7 Å². The van der Waals surface area contributed by atoms with Crippen LogP contribution in [0.5, 0.6) is 0 Å². The van der Waals surface area contributed by atoms with Gasteiger partial charge in [-0.05, 0) is 30.7 Å². The fourth-order valence-electron chi connectivity index (χ4n) is 3.72. The number of thiazole rings is 1. The van der Waals surface area contributed by atoms with Gasteiger partial charge in [-0.3, -0.25) is 4.79 Å². The van der Waals surface area contributed by atoms with E-state index in [1.54, 1.807) is 34.0 Å². The van der Waals surface area contributed by atoms with Crippen LogP contribution in [0.25, 0.3) is 0 Å². The predicted molar refractivity (Wildman–Crippen MR) is 115 cm³/mol. The maximum atomic E-state index is 14.4. The summed E-state index contributed by atoms with van der Waals surface area (Å²) in [6, 6.07) is 10.9. The molecule has 0 saturated carbocycles. The second kappa shape index (κ2) is 9.00. The first-order valence-electron chi connectivity index (χ1n) is 9.54. The van der Waals surface area contributed by atoms with Gasteiger partial charge in [-0.25, -0.2) is 13.8 Å². The summed E-state index contributed by atoms with van der Waals surface area (Å²) in [6.45, 7) is 1.02. The van der Waals surface area contributed by atoms with Gasteiger partial charge in [0.05, 0.1) is 16.1 Å². The van der Waals surface area contributed by atoms with Gasteiger partial charge in [-0.2, -0.15) is 5.26 Å². The van der Waals surface area contributed by atoms with Crippen LogP contribution >= 0.6 is 22.9 Å². The summed E-state index contributed by atoms with van der Waals surface area (Å²) >= 11 is 7.58. The van der Waals surface area contributed by atoms with Crippen molar-refractivity contribution in [3.8, 4) is 6.07 Å². The number of likely N-dealkylation sites (tertiary alicyclic amines) is 1. The Morgan fingerprint density at radius 3 is 2.90 bits per heavy atom. The SMILES string of the molecule is N#Cc1ccc(N(Cc2cccc(F)c2F)[C@H]2CCN(C(=O)c3cscn3)C2)cc1Cl. The molecule has 1 saturated heterocycles. The number of halogens is 3. The lowest BCUT2D eigenvalue weighted by atomic mass is 10.1. The van der Waals surface area contributed by atoms with Crippen molar-refractivity contribution in [1.29, 1.82) is 5.26 Å². The number of carbonyl (C=O) groups excluding carboxylic acids is 1. The molecule has 1 atom stereocenters. The van der Waals surface area contributed by atoms with E-state index in [2.05, 4.69) is 4.98 Å². The van der Waals surface area contributed by atoms with Gasteiger partial charge in [-0.15, -0.1) is 11.3 Å². The lowest BCUT2D eigenvalue weighted by molar-refractivity contribution is 0.0785. The number of nitriles is 1. The molecule has 0 unspecified atom stereocenters. The maximum absolute atomic E-state index is 14.4. The Kier molecular flexibility index (Phi) is 6.16. The van der Waals surface area contributed by atoms with E-state index in [1.165, 1.54) is 23.5 Å². The standard InChI is InChI=1S/C22H17ClF2N4OS/c23-18-8-16(5-4-14(18)9-26)29(10-15-2-1-3-19(24)21(15)25)17-6-7-28(11-17)22(30)20-12-31-13-27-20/h1-5,8,12-13,17H,6-7,10-11H2/t17-/m0/s1. The van der Waals surface area contributed by atoms with Crippen LogP contribution in [-0.4, -0.2) is 34.9 Å². The highest BCUT2D eigenvalue weighted by Gasteiger charge is 2.32. The minimum Gasteiger partial charge on any atom is -0.362 e. The first kappa shape index (κ1) is 21.2. The molecule has 0 aliphatic carbocycles. The monoisotopic (exact) mass is 458 g/mol. The highest BCUT2D eigenvalue weighted by molar-refractivity contribution is 7.07. The maximum Gasteiger partial charge on any atom is 0.273 e. The van der Waals surface area contributed by atoms with E-state index < -0.39 is 11.6 Å². The number of hydrogen-bond donors (Lipinski definition) is 0. The van der Waals surface area contributed by atoms with Crippen LogP contribution in [0.2, 0.25) is 5.02 Å². The Hall–Kier alpha value is -3.02. The Morgan fingerprint density at radius 1 is 1.35 bits per heavy atom. The summed E-state index contributed by atoms with van der Waals surface area (Å²) in [6.07, 6.45) is 0.643. The van der Waals surface area contributed by atoms with Gasteiger partial charge in [0.2, 0.25) is 0 Å². The Bertz CT molecular complexity index is 1150. The van der Waals surface area contributed by atoms with Crippen LogP contribution in [0.15, 0.2) is 47.3 Å². The van der Waals surface area contributed by atoms with Gasteiger partial charge in [0, 0.05) is 42.3 Å². The summed E-state index contributed by atoms with van der Waals surface area (Å²) in [7, 11) is 0. The first-order valence-corrected chi connectivity index (χ1v) is 10.9. The largest absolute Gasteiger partial charge is 0.362 e. The van der Waals surface area contributed by atoms with Crippen molar-refractivity contribution in [3.63, 3.8) is 0 Å². The third-order valence-corrected chi connectivity index (χ3v) is 6.22. The number of rotatable bonds is 5. The molecule has 0 N–H and O–H groups in total. The minimum absolute atomic E-state index is 0.0925. The lowest BCUT2D eigenvalue weighted by Crippen LogP contribution is -2.39. The molecule has 3 aromatic rings. The summed E-state index contributed by atoms with van der Waals surface area (Å²) in [5.41, 5.74) is 3.20. The van der Waals surface area contributed by atoms with E-state index in [-0.39, 0.29) is 29.1 Å². The molecule has 158 valence electrons. The Morgan fingerprint density at radius 2 is 2.19 bits per heavy atom. The Labute approximate surface area is 187 Å². The van der Waals surface area contributed by atoms with Crippen molar-refractivity contribution in [2.45, 2.75) is 19.0 Å². The molecule has 1 aliphatic rings. The lowest BCUT2D eigenvalue weighted by Gasteiger charge is -2.32. The van der Waals surface area contributed by atoms with E-state index >= 15 is 0 Å². The van der Waals surface area contributed by atoms with Gasteiger partial charge in [0.25, 0.3) is 5.91 Å². The van der Waals surface area contributed by atoms with Crippen LogP contribution in [0.4, 0.5) is 14.5 Å². The molecule has 5 nitrogen and oxygen atoms in total. The number of nitrogens with zero attached hydrogens (tertiary/aromatic N) is 4. The zero-order valence-electron chi connectivity index (χ0n) is 16.3. The van der Waals surface area contributed by atoms with E-state index in [0.29, 0.717) is 36.5 Å². The average Bonchev–Trinajstić information content (AvgIpc) is 3.47.